The number of carboxylic acid groups (broad SMARTS) is 1. The third-order valence-corrected chi connectivity index (χ3v) is 1.22. The Kier molecular flexibility index (Phi) is 5.50. The van der Waals surface area contributed by atoms with Crippen molar-refractivity contribution < 1.29 is 20.1 Å². The monoisotopic (exact) mass is 163 g/mol. The topological polar surface area (TPSA) is 89.8 Å². The van der Waals surface area contributed by atoms with Crippen LogP contribution in [0.2, 0.25) is 0 Å². The van der Waals surface area contributed by atoms with Crippen molar-refractivity contribution in [1.29, 1.82) is 0 Å². The second kappa shape index (κ2) is 5.94. The van der Waals surface area contributed by atoms with E-state index in [0.717, 1.165) is 0 Å². The molecule has 0 rings (SSSR count). The Morgan fingerprint density at radius 1 is 1.45 bits per heavy atom. The van der Waals surface area contributed by atoms with Crippen LogP contribution in [-0.4, -0.2) is 40.7 Å². The van der Waals surface area contributed by atoms with Crippen LogP contribution in [0, 0.1) is 0 Å². The highest BCUT2D eigenvalue weighted by atomic mass is 16.4. The van der Waals surface area contributed by atoms with Crippen LogP contribution in [-0.2, 0) is 0 Å². The number of rotatable bonds is 5. The van der Waals surface area contributed by atoms with E-state index in [0.29, 0.717) is 12.8 Å². The van der Waals surface area contributed by atoms with Gasteiger partial charge in [0.1, 0.15) is 0 Å². The van der Waals surface area contributed by atoms with Gasteiger partial charge in [-0.2, -0.15) is 0 Å². The molecule has 4 N–H and O–H groups in total. The van der Waals surface area contributed by atoms with Gasteiger partial charge in [0.2, 0.25) is 0 Å². The predicted molar refractivity (Wildman–Crippen MR) is 38.4 cm³/mol. The Labute approximate surface area is 64.7 Å². The maximum atomic E-state index is 9.90. The molecule has 1 atom stereocenters. The number of nitrogens with one attached hydrogen (secondary N) is 1. The van der Waals surface area contributed by atoms with Crippen LogP contribution >= 0.6 is 0 Å². The van der Waals surface area contributed by atoms with Gasteiger partial charge in [-0.15, -0.1) is 0 Å². The zero-order chi connectivity index (χ0) is 8.69. The summed E-state index contributed by atoms with van der Waals surface area (Å²) in [6, 6.07) is 0. The number of hydrogen-bond acceptors (Lipinski definition) is 3. The zero-order valence-corrected chi connectivity index (χ0v) is 6.16. The molecule has 1 amide bonds. The number of aliphatic hydroxyl groups is 2. The molecule has 0 saturated heterocycles. The average molecular weight is 163 g/mol. The molecule has 66 valence electrons. The lowest BCUT2D eigenvalue weighted by Gasteiger charge is -2.07. The molecule has 0 radical (unpaired) electrons. The van der Waals surface area contributed by atoms with Crippen LogP contribution in [0.5, 0.6) is 0 Å². The number of amides is 1. The average Bonchev–Trinajstić information content (AvgIpc) is 1.87. The third-order valence-electron chi connectivity index (χ3n) is 1.22. The van der Waals surface area contributed by atoms with Crippen LogP contribution in [0.4, 0.5) is 4.79 Å². The van der Waals surface area contributed by atoms with Crippen molar-refractivity contribution in [3.8, 4) is 0 Å². The van der Waals surface area contributed by atoms with Crippen molar-refractivity contribution >= 4 is 6.09 Å². The lowest BCUT2D eigenvalue weighted by molar-refractivity contribution is 0.124. The Hall–Kier alpha value is -0.810. The van der Waals surface area contributed by atoms with Crippen molar-refractivity contribution in [2.75, 3.05) is 13.2 Å². The summed E-state index contributed by atoms with van der Waals surface area (Å²) in [5.41, 5.74) is 0. The van der Waals surface area contributed by atoms with Crippen molar-refractivity contribution in [2.45, 2.75) is 18.9 Å². The standard InChI is InChI=1S/C6H13NO4/c8-4-2-5(9)1-3-7-6(10)11/h5,7-9H,1-4H2,(H,10,11)/t5-/m0/s1. The van der Waals surface area contributed by atoms with Crippen LogP contribution in [0.25, 0.3) is 0 Å². The molecule has 11 heavy (non-hydrogen) atoms. The van der Waals surface area contributed by atoms with Gasteiger partial charge in [-0.25, -0.2) is 4.79 Å². The van der Waals surface area contributed by atoms with Gasteiger partial charge < -0.3 is 20.6 Å². The largest absolute Gasteiger partial charge is 0.465 e. The van der Waals surface area contributed by atoms with Crippen molar-refractivity contribution in [2.24, 2.45) is 0 Å². The summed E-state index contributed by atoms with van der Waals surface area (Å²) in [4.78, 5) is 9.90. The molecule has 0 heterocycles. The molecule has 0 aliphatic rings. The Morgan fingerprint density at radius 2 is 2.09 bits per heavy atom. The van der Waals surface area contributed by atoms with Gasteiger partial charge in [0.15, 0.2) is 0 Å². The Morgan fingerprint density at radius 3 is 2.55 bits per heavy atom. The lowest BCUT2D eigenvalue weighted by Crippen LogP contribution is -2.25. The lowest BCUT2D eigenvalue weighted by atomic mass is 10.2. The summed E-state index contributed by atoms with van der Waals surface area (Å²) >= 11 is 0. The smallest absolute Gasteiger partial charge is 0.404 e. The molecule has 0 aliphatic carbocycles. The minimum Gasteiger partial charge on any atom is -0.465 e. The van der Waals surface area contributed by atoms with Crippen LogP contribution in [0.1, 0.15) is 12.8 Å². The van der Waals surface area contributed by atoms with E-state index < -0.39 is 12.2 Å². The normalized spacial score (nSPS) is 12.5. The molecule has 0 bridgehead atoms. The van der Waals surface area contributed by atoms with Gasteiger partial charge >= 0.3 is 6.09 Å². The fourth-order valence-electron chi connectivity index (χ4n) is 0.639. The first-order valence-corrected chi connectivity index (χ1v) is 3.42. The number of aliphatic hydroxyl groups excluding tert-OH is 2. The van der Waals surface area contributed by atoms with E-state index in [9.17, 15) is 4.79 Å². The van der Waals surface area contributed by atoms with Crippen molar-refractivity contribution in [3.05, 3.63) is 0 Å². The highest BCUT2D eigenvalue weighted by molar-refractivity contribution is 5.64. The molecule has 0 aromatic rings. The summed E-state index contributed by atoms with van der Waals surface area (Å²) < 4.78 is 0. The SMILES string of the molecule is O=C(O)NCC[C@H](O)CCO. The van der Waals surface area contributed by atoms with Crippen LogP contribution < -0.4 is 5.32 Å². The predicted octanol–water partition coefficient (Wildman–Crippen LogP) is -0.613. The van der Waals surface area contributed by atoms with Crippen molar-refractivity contribution in [3.63, 3.8) is 0 Å². The Balaban J connectivity index is 3.16. The maximum absolute atomic E-state index is 9.90. The molecular formula is C6H13NO4. The maximum Gasteiger partial charge on any atom is 0.404 e. The van der Waals surface area contributed by atoms with Crippen LogP contribution in [0.15, 0.2) is 0 Å². The van der Waals surface area contributed by atoms with Gasteiger partial charge in [-0.05, 0) is 12.8 Å². The molecule has 0 unspecified atom stereocenters. The highest BCUT2D eigenvalue weighted by Crippen LogP contribution is 1.94. The molecule has 0 aromatic heterocycles. The second-order valence-electron chi connectivity index (χ2n) is 2.19. The van der Waals surface area contributed by atoms with E-state index in [2.05, 4.69) is 5.32 Å². The van der Waals surface area contributed by atoms with Gasteiger partial charge in [-0.1, -0.05) is 0 Å². The second-order valence-corrected chi connectivity index (χ2v) is 2.19. The minimum atomic E-state index is -1.10. The summed E-state index contributed by atoms with van der Waals surface area (Å²) in [6.45, 7) is 0.144. The molecular weight excluding hydrogens is 150 g/mol. The van der Waals surface area contributed by atoms with E-state index in [1.54, 1.807) is 0 Å². The molecule has 5 heteroatoms. The molecule has 0 fully saturated rings. The quantitative estimate of drug-likeness (QED) is 0.435. The molecule has 0 aromatic carbocycles. The summed E-state index contributed by atoms with van der Waals surface area (Å²) in [7, 11) is 0. The molecule has 0 saturated carbocycles. The molecule has 0 spiro atoms. The van der Waals surface area contributed by atoms with Gasteiger partial charge in [-0.3, -0.25) is 0 Å². The number of carbonyl (C=O) groups is 1. The van der Waals surface area contributed by atoms with E-state index in [1.165, 1.54) is 0 Å². The van der Waals surface area contributed by atoms with E-state index >= 15 is 0 Å². The zero-order valence-electron chi connectivity index (χ0n) is 6.16. The van der Waals surface area contributed by atoms with Gasteiger partial charge in [0.25, 0.3) is 0 Å². The number of hydrogen-bond donors (Lipinski definition) is 4. The molecule has 0 aliphatic heterocycles. The van der Waals surface area contributed by atoms with Gasteiger partial charge in [0, 0.05) is 13.2 Å². The van der Waals surface area contributed by atoms with Gasteiger partial charge in [0.05, 0.1) is 6.10 Å². The summed E-state index contributed by atoms with van der Waals surface area (Å²) in [5, 5.41) is 27.5. The first-order chi connectivity index (χ1) is 5.16. The minimum absolute atomic E-state index is 0.0752. The van der Waals surface area contributed by atoms with E-state index in [1.807, 2.05) is 0 Å². The first kappa shape index (κ1) is 10.2. The molecule has 5 nitrogen and oxygen atoms in total. The Bertz CT molecular complexity index is 117. The van der Waals surface area contributed by atoms with E-state index in [4.69, 9.17) is 15.3 Å². The summed E-state index contributed by atoms with van der Waals surface area (Å²) in [5.74, 6) is 0. The first-order valence-electron chi connectivity index (χ1n) is 3.42. The third kappa shape index (κ3) is 7.08. The fourth-order valence-corrected chi connectivity index (χ4v) is 0.639. The highest BCUT2D eigenvalue weighted by Gasteiger charge is 2.02. The van der Waals surface area contributed by atoms with Crippen molar-refractivity contribution in [1.82, 2.24) is 5.32 Å². The van der Waals surface area contributed by atoms with Crippen LogP contribution in [0.3, 0.4) is 0 Å². The fraction of sp³-hybridized carbons (Fsp3) is 0.833. The summed E-state index contributed by atoms with van der Waals surface area (Å²) in [6.07, 6.45) is -1.08. The van der Waals surface area contributed by atoms with E-state index in [-0.39, 0.29) is 13.2 Å².